The Labute approximate surface area is 162 Å². The molecule has 0 fully saturated rings. The third-order valence-electron chi connectivity index (χ3n) is 5.02. The van der Waals surface area contributed by atoms with E-state index in [0.29, 0.717) is 18.0 Å². The molecule has 1 aliphatic rings. The number of nitrogens with zero attached hydrogens (tertiary/aromatic N) is 1. The molecule has 2 aromatic heterocycles. The largest absolute Gasteiger partial charge is 0.464 e. The predicted octanol–water partition coefficient (Wildman–Crippen LogP) is 3.72. The Balaban J connectivity index is 1.43. The molecular weight excluding hydrogens is 360 g/mol. The van der Waals surface area contributed by atoms with Crippen LogP contribution >= 0.6 is 0 Å². The molecular formula is C21H22N2O5. The highest BCUT2D eigenvalue weighted by Gasteiger charge is 2.23. The number of carbonyl (C=O) groups is 2. The number of amides is 1. The molecule has 0 saturated heterocycles. The maximum atomic E-state index is 12.4. The summed E-state index contributed by atoms with van der Waals surface area (Å²) in [7, 11) is 0. The molecule has 1 N–H and O–H groups in total. The minimum atomic E-state index is -0.896. The van der Waals surface area contributed by atoms with Crippen molar-refractivity contribution < 1.29 is 23.3 Å². The molecule has 146 valence electrons. The van der Waals surface area contributed by atoms with Crippen molar-refractivity contribution in [1.29, 1.82) is 0 Å². The Kier molecular flexibility index (Phi) is 4.90. The summed E-state index contributed by atoms with van der Waals surface area (Å²) in [6.45, 7) is 3.51. The standard InChI is InChI=1S/C21H22N2O5/c1-3-17(21(25)22-19-7-12(2)28-23-19)27-20(24)10-15-11-26-18-9-14-6-4-5-13(14)8-16(15)18/h7-9,11,17H,3-6,10H2,1-2H3,(H,22,23,25). The summed E-state index contributed by atoms with van der Waals surface area (Å²) in [6, 6.07) is 5.78. The molecule has 2 heterocycles. The fourth-order valence-electron chi connectivity index (χ4n) is 3.60. The molecule has 0 bridgehead atoms. The van der Waals surface area contributed by atoms with Gasteiger partial charge in [0.2, 0.25) is 0 Å². The molecule has 0 aliphatic heterocycles. The van der Waals surface area contributed by atoms with Gasteiger partial charge < -0.3 is 19.0 Å². The van der Waals surface area contributed by atoms with Gasteiger partial charge in [-0.15, -0.1) is 0 Å². The average molecular weight is 382 g/mol. The van der Waals surface area contributed by atoms with Gasteiger partial charge in [0.05, 0.1) is 12.7 Å². The highest BCUT2D eigenvalue weighted by Crippen LogP contribution is 2.30. The maximum absolute atomic E-state index is 12.4. The van der Waals surface area contributed by atoms with Gasteiger partial charge in [0.1, 0.15) is 11.3 Å². The minimum absolute atomic E-state index is 0.0542. The third kappa shape index (κ3) is 3.65. The van der Waals surface area contributed by atoms with E-state index in [0.717, 1.165) is 35.8 Å². The van der Waals surface area contributed by atoms with Gasteiger partial charge in [0, 0.05) is 17.0 Å². The number of anilines is 1. The van der Waals surface area contributed by atoms with E-state index in [1.807, 2.05) is 0 Å². The van der Waals surface area contributed by atoms with Crippen molar-refractivity contribution in [2.75, 3.05) is 5.32 Å². The lowest BCUT2D eigenvalue weighted by molar-refractivity contribution is -0.153. The molecule has 7 heteroatoms. The van der Waals surface area contributed by atoms with E-state index in [1.165, 1.54) is 11.1 Å². The van der Waals surface area contributed by atoms with Crippen molar-refractivity contribution in [2.24, 2.45) is 0 Å². The van der Waals surface area contributed by atoms with Crippen LogP contribution in [0.1, 0.15) is 42.2 Å². The number of nitrogens with one attached hydrogen (secondary N) is 1. The minimum Gasteiger partial charge on any atom is -0.464 e. The van der Waals surface area contributed by atoms with Crippen LogP contribution in [0, 0.1) is 6.92 Å². The van der Waals surface area contributed by atoms with E-state index in [9.17, 15) is 9.59 Å². The maximum Gasteiger partial charge on any atom is 0.311 e. The Hall–Kier alpha value is -3.09. The molecule has 1 unspecified atom stereocenters. The van der Waals surface area contributed by atoms with Gasteiger partial charge in [0.25, 0.3) is 5.91 Å². The van der Waals surface area contributed by atoms with Crippen molar-refractivity contribution in [3.05, 3.63) is 46.9 Å². The van der Waals surface area contributed by atoms with Gasteiger partial charge >= 0.3 is 5.97 Å². The van der Waals surface area contributed by atoms with Gasteiger partial charge in [-0.2, -0.15) is 0 Å². The van der Waals surface area contributed by atoms with E-state index >= 15 is 0 Å². The van der Waals surface area contributed by atoms with E-state index in [-0.39, 0.29) is 6.42 Å². The summed E-state index contributed by atoms with van der Waals surface area (Å²) in [5.74, 6) is -0.0223. The Morgan fingerprint density at radius 2 is 2.04 bits per heavy atom. The van der Waals surface area contributed by atoms with Crippen LogP contribution in [-0.4, -0.2) is 23.1 Å². The first-order valence-corrected chi connectivity index (χ1v) is 9.49. The van der Waals surface area contributed by atoms with Gasteiger partial charge in [-0.05, 0) is 55.9 Å². The second-order valence-electron chi connectivity index (χ2n) is 7.11. The third-order valence-corrected chi connectivity index (χ3v) is 5.02. The predicted molar refractivity (Wildman–Crippen MR) is 102 cm³/mol. The molecule has 4 rings (SSSR count). The Bertz CT molecular complexity index is 1030. The summed E-state index contributed by atoms with van der Waals surface area (Å²) in [5, 5.41) is 7.25. The number of benzene rings is 1. The molecule has 1 aromatic carbocycles. The van der Waals surface area contributed by atoms with Gasteiger partial charge in [-0.1, -0.05) is 12.1 Å². The topological polar surface area (TPSA) is 94.6 Å². The van der Waals surface area contributed by atoms with Gasteiger partial charge in [-0.3, -0.25) is 9.59 Å². The number of esters is 1. The first-order chi connectivity index (χ1) is 13.5. The zero-order valence-corrected chi connectivity index (χ0v) is 15.9. The molecule has 1 atom stereocenters. The van der Waals surface area contributed by atoms with Crippen molar-refractivity contribution in [2.45, 2.75) is 52.1 Å². The number of hydrogen-bond donors (Lipinski definition) is 1. The van der Waals surface area contributed by atoms with Crippen molar-refractivity contribution >= 4 is 28.7 Å². The van der Waals surface area contributed by atoms with Gasteiger partial charge in [0.15, 0.2) is 11.9 Å². The van der Waals surface area contributed by atoms with E-state index < -0.39 is 18.0 Å². The molecule has 0 spiro atoms. The van der Waals surface area contributed by atoms with Crippen molar-refractivity contribution in [1.82, 2.24) is 5.16 Å². The van der Waals surface area contributed by atoms with Crippen molar-refractivity contribution in [3.63, 3.8) is 0 Å². The van der Waals surface area contributed by atoms with Crippen molar-refractivity contribution in [3.8, 4) is 0 Å². The fraction of sp³-hybridized carbons (Fsp3) is 0.381. The van der Waals surface area contributed by atoms with Gasteiger partial charge in [-0.25, -0.2) is 0 Å². The van der Waals surface area contributed by atoms with E-state index in [4.69, 9.17) is 13.7 Å². The zero-order chi connectivity index (χ0) is 19.7. The number of ether oxygens (including phenoxy) is 1. The summed E-state index contributed by atoms with van der Waals surface area (Å²) in [5.41, 5.74) is 4.20. The molecule has 1 amide bonds. The van der Waals surface area contributed by atoms with Crippen LogP contribution in [0.3, 0.4) is 0 Å². The number of fused-ring (bicyclic) bond motifs is 2. The lowest BCUT2D eigenvalue weighted by Gasteiger charge is -2.14. The highest BCUT2D eigenvalue weighted by atomic mass is 16.5. The molecule has 28 heavy (non-hydrogen) atoms. The van der Waals surface area contributed by atoms with Crippen LogP contribution in [0.25, 0.3) is 11.0 Å². The molecule has 0 saturated carbocycles. The Morgan fingerprint density at radius 3 is 2.75 bits per heavy atom. The second-order valence-corrected chi connectivity index (χ2v) is 7.11. The molecule has 1 aliphatic carbocycles. The van der Waals surface area contributed by atoms with E-state index in [2.05, 4.69) is 22.6 Å². The van der Waals surface area contributed by atoms with Crippen LogP contribution in [0.15, 0.2) is 33.4 Å². The SMILES string of the molecule is CCC(OC(=O)Cc1coc2cc3c(cc12)CCC3)C(=O)Nc1cc(C)on1. The monoisotopic (exact) mass is 382 g/mol. The Morgan fingerprint density at radius 1 is 1.25 bits per heavy atom. The first kappa shape index (κ1) is 18.3. The van der Waals surface area contributed by atoms with Crippen LogP contribution < -0.4 is 5.32 Å². The summed E-state index contributed by atoms with van der Waals surface area (Å²) >= 11 is 0. The summed E-state index contributed by atoms with van der Waals surface area (Å²) in [4.78, 5) is 24.8. The molecule has 3 aromatic rings. The number of carbonyl (C=O) groups excluding carboxylic acids is 2. The molecule has 7 nitrogen and oxygen atoms in total. The number of hydrogen-bond acceptors (Lipinski definition) is 6. The van der Waals surface area contributed by atoms with Crippen LogP contribution in [0.4, 0.5) is 5.82 Å². The quantitative estimate of drug-likeness (QED) is 0.653. The summed E-state index contributed by atoms with van der Waals surface area (Å²) in [6.07, 6.45) is 4.39. The number of aryl methyl sites for hydroxylation is 3. The second kappa shape index (κ2) is 7.50. The number of furan rings is 1. The van der Waals surface area contributed by atoms with Crippen LogP contribution in [-0.2, 0) is 33.6 Å². The highest BCUT2D eigenvalue weighted by molar-refractivity contribution is 5.95. The lowest BCUT2D eigenvalue weighted by Crippen LogP contribution is -2.32. The fourth-order valence-corrected chi connectivity index (χ4v) is 3.60. The first-order valence-electron chi connectivity index (χ1n) is 9.49. The average Bonchev–Trinajstić information content (AvgIpc) is 3.38. The molecule has 0 radical (unpaired) electrons. The van der Waals surface area contributed by atoms with Crippen LogP contribution in [0.5, 0.6) is 0 Å². The number of rotatable bonds is 6. The zero-order valence-electron chi connectivity index (χ0n) is 15.9. The normalized spacial score (nSPS) is 14.1. The van der Waals surface area contributed by atoms with E-state index in [1.54, 1.807) is 26.2 Å². The summed E-state index contributed by atoms with van der Waals surface area (Å²) < 4.78 is 16.0. The number of aromatic nitrogens is 1. The smallest absolute Gasteiger partial charge is 0.311 e. The van der Waals surface area contributed by atoms with Crippen LogP contribution in [0.2, 0.25) is 0 Å². The lowest BCUT2D eigenvalue weighted by atomic mass is 10.0.